The van der Waals surface area contributed by atoms with E-state index >= 15 is 0 Å². The molecule has 0 radical (unpaired) electrons. The summed E-state index contributed by atoms with van der Waals surface area (Å²) in [6, 6.07) is 80.6. The minimum atomic E-state index is 0.608. The monoisotopic (exact) mass is 818 g/mol. The Labute approximate surface area is 370 Å². The van der Waals surface area contributed by atoms with Gasteiger partial charge < -0.3 is 9.32 Å². The van der Waals surface area contributed by atoms with Crippen molar-refractivity contribution in [1.82, 2.24) is 15.0 Å². The van der Waals surface area contributed by atoms with Crippen LogP contribution in [-0.4, -0.2) is 15.0 Å². The number of nitrogens with zero attached hydrogens (tertiary/aromatic N) is 4. The minimum absolute atomic E-state index is 0.608. The first-order valence-corrected chi connectivity index (χ1v) is 21.5. The third kappa shape index (κ3) is 6.64. The lowest BCUT2D eigenvalue weighted by atomic mass is 9.94. The fourth-order valence-electron chi connectivity index (χ4n) is 9.04. The average molecular weight is 819 g/mol. The summed E-state index contributed by atoms with van der Waals surface area (Å²) in [6.45, 7) is 0. The van der Waals surface area contributed by atoms with Crippen molar-refractivity contribution >= 4 is 60.5 Å². The summed E-state index contributed by atoms with van der Waals surface area (Å²) >= 11 is 0. The second-order valence-corrected chi connectivity index (χ2v) is 16.0. The van der Waals surface area contributed by atoms with Gasteiger partial charge in [0.05, 0.1) is 5.69 Å². The second-order valence-electron chi connectivity index (χ2n) is 16.0. The lowest BCUT2D eigenvalue weighted by Crippen LogP contribution is -2.10. The number of benzene rings is 10. The van der Waals surface area contributed by atoms with Gasteiger partial charge in [-0.3, -0.25) is 0 Å². The number of hydrogen-bond donors (Lipinski definition) is 0. The highest BCUT2D eigenvalue weighted by atomic mass is 16.3. The van der Waals surface area contributed by atoms with Crippen LogP contribution in [0.5, 0.6) is 0 Å². The summed E-state index contributed by atoms with van der Waals surface area (Å²) in [5, 5.41) is 6.88. The maximum absolute atomic E-state index is 6.73. The predicted molar refractivity (Wildman–Crippen MR) is 264 cm³/mol. The third-order valence-corrected chi connectivity index (χ3v) is 12.1. The van der Waals surface area contributed by atoms with E-state index < -0.39 is 0 Å². The molecular formula is C59H38N4O. The summed E-state index contributed by atoms with van der Waals surface area (Å²) in [4.78, 5) is 17.5. The average Bonchev–Trinajstić information content (AvgIpc) is 3.75. The number of aromatic nitrogens is 3. The number of rotatable bonds is 8. The fraction of sp³-hybridized carbons (Fsp3) is 0. The molecule has 5 heteroatoms. The largest absolute Gasteiger partial charge is 0.456 e. The van der Waals surface area contributed by atoms with Crippen LogP contribution in [-0.2, 0) is 0 Å². The van der Waals surface area contributed by atoms with Crippen LogP contribution in [0.25, 0.3) is 99.9 Å². The van der Waals surface area contributed by atoms with Gasteiger partial charge in [-0.2, -0.15) is 0 Å². The normalized spacial score (nSPS) is 11.4. The van der Waals surface area contributed by atoms with E-state index in [2.05, 4.69) is 169 Å². The van der Waals surface area contributed by atoms with E-state index in [1.54, 1.807) is 0 Å². The van der Waals surface area contributed by atoms with Crippen LogP contribution in [0.3, 0.4) is 0 Å². The maximum atomic E-state index is 6.73. The molecule has 12 aromatic rings. The lowest BCUT2D eigenvalue weighted by molar-refractivity contribution is 0.669. The van der Waals surface area contributed by atoms with Crippen molar-refractivity contribution in [3.05, 3.63) is 231 Å². The smallest absolute Gasteiger partial charge is 0.164 e. The zero-order valence-electron chi connectivity index (χ0n) is 34.6. The Kier molecular flexibility index (Phi) is 9.08. The van der Waals surface area contributed by atoms with Gasteiger partial charge in [-0.05, 0) is 86.9 Å². The summed E-state index contributed by atoms with van der Waals surface area (Å²) in [5.41, 5.74) is 11.9. The van der Waals surface area contributed by atoms with Gasteiger partial charge in [0.15, 0.2) is 17.5 Å². The summed E-state index contributed by atoms with van der Waals surface area (Å²) < 4.78 is 6.73. The number of hydrogen-bond acceptors (Lipinski definition) is 5. The maximum Gasteiger partial charge on any atom is 0.164 e. The molecule has 5 nitrogen and oxygen atoms in total. The van der Waals surface area contributed by atoms with Gasteiger partial charge in [-0.15, -0.1) is 0 Å². The molecule has 2 heterocycles. The predicted octanol–water partition coefficient (Wildman–Crippen LogP) is 15.9. The summed E-state index contributed by atoms with van der Waals surface area (Å²) in [6.07, 6.45) is 0. The number of fused-ring (bicyclic) bond motifs is 5. The molecule has 0 aliphatic heterocycles. The second kappa shape index (κ2) is 15.7. The third-order valence-electron chi connectivity index (χ3n) is 12.1. The molecule has 0 fully saturated rings. The molecule has 10 aromatic carbocycles. The van der Waals surface area contributed by atoms with E-state index in [0.29, 0.717) is 17.5 Å². The Bertz CT molecular complexity index is 3630. The topological polar surface area (TPSA) is 55.1 Å². The van der Waals surface area contributed by atoms with E-state index in [-0.39, 0.29) is 0 Å². The van der Waals surface area contributed by atoms with Gasteiger partial charge in [0, 0.05) is 44.2 Å². The lowest BCUT2D eigenvalue weighted by Gasteiger charge is -2.27. The highest BCUT2D eigenvalue weighted by molar-refractivity contribution is 6.14. The number of furan rings is 1. The Morgan fingerprint density at radius 2 is 0.891 bits per heavy atom. The van der Waals surface area contributed by atoms with Crippen molar-refractivity contribution in [2.75, 3.05) is 4.90 Å². The molecular weight excluding hydrogens is 781 g/mol. The van der Waals surface area contributed by atoms with E-state index in [1.165, 1.54) is 21.5 Å². The van der Waals surface area contributed by atoms with Gasteiger partial charge in [-0.1, -0.05) is 182 Å². The molecule has 0 aliphatic rings. The van der Waals surface area contributed by atoms with Crippen molar-refractivity contribution in [3.8, 4) is 56.4 Å². The zero-order valence-corrected chi connectivity index (χ0v) is 34.6. The molecule has 0 N–H and O–H groups in total. The zero-order chi connectivity index (χ0) is 42.4. The van der Waals surface area contributed by atoms with Gasteiger partial charge in [0.25, 0.3) is 0 Å². The molecule has 0 saturated heterocycles. The SMILES string of the molecule is c1ccc(-c2nc(-c3ccccc3)nc(-c3ccccc3-c3cccc4oc5cc(-c6cccc(N(c7ccc8ccccc8c7)c7cccc8ccccc78)c6)ccc5c34)n2)cc1. The molecule has 0 bridgehead atoms. The quantitative estimate of drug-likeness (QED) is 0.153. The van der Waals surface area contributed by atoms with Crippen LogP contribution >= 0.6 is 0 Å². The van der Waals surface area contributed by atoms with Crippen molar-refractivity contribution in [1.29, 1.82) is 0 Å². The highest BCUT2D eigenvalue weighted by Crippen LogP contribution is 2.44. The van der Waals surface area contributed by atoms with Crippen molar-refractivity contribution in [2.24, 2.45) is 0 Å². The van der Waals surface area contributed by atoms with Crippen LogP contribution in [0.1, 0.15) is 0 Å². The first-order chi connectivity index (χ1) is 31.7. The highest BCUT2D eigenvalue weighted by Gasteiger charge is 2.21. The first kappa shape index (κ1) is 37.1. The molecule has 300 valence electrons. The van der Waals surface area contributed by atoms with Gasteiger partial charge in [0.2, 0.25) is 0 Å². The van der Waals surface area contributed by atoms with Crippen LogP contribution in [0, 0.1) is 0 Å². The Hall–Kier alpha value is -8.67. The van der Waals surface area contributed by atoms with Crippen LogP contribution in [0.4, 0.5) is 17.1 Å². The molecule has 64 heavy (non-hydrogen) atoms. The molecule has 0 unspecified atom stereocenters. The van der Waals surface area contributed by atoms with E-state index in [1.807, 2.05) is 66.7 Å². The molecule has 12 rings (SSSR count). The standard InChI is InChI=1S/C59H38N4O/c1-3-18-41(19-4-1)57-60-58(42-20-5-2-6-21-42)62-59(61-57)51-28-12-11-27-49(51)50-29-15-31-54-56(50)52-35-33-45(38-55(52)64-54)44-24-13-25-46(37-44)63(47-34-32-39-16-7-8-22-43(39)36-47)53-30-14-23-40-17-9-10-26-48(40)53/h1-38H. The molecule has 0 spiro atoms. The van der Waals surface area contributed by atoms with Crippen molar-refractivity contribution in [2.45, 2.75) is 0 Å². The van der Waals surface area contributed by atoms with E-state index in [0.717, 1.165) is 77.9 Å². The Morgan fingerprint density at radius 1 is 0.312 bits per heavy atom. The number of anilines is 3. The molecule has 0 amide bonds. The summed E-state index contributed by atoms with van der Waals surface area (Å²) in [7, 11) is 0. The molecule has 0 atom stereocenters. The fourth-order valence-corrected chi connectivity index (χ4v) is 9.04. The van der Waals surface area contributed by atoms with Crippen molar-refractivity contribution in [3.63, 3.8) is 0 Å². The van der Waals surface area contributed by atoms with E-state index in [9.17, 15) is 0 Å². The summed E-state index contributed by atoms with van der Waals surface area (Å²) in [5.74, 6) is 1.86. The molecule has 0 saturated carbocycles. The Morgan fingerprint density at radius 3 is 1.69 bits per heavy atom. The van der Waals surface area contributed by atoms with Crippen LogP contribution in [0.2, 0.25) is 0 Å². The molecule has 0 aliphatic carbocycles. The molecule has 2 aromatic heterocycles. The van der Waals surface area contributed by atoms with E-state index in [4.69, 9.17) is 19.4 Å². The van der Waals surface area contributed by atoms with Gasteiger partial charge in [-0.25, -0.2) is 15.0 Å². The van der Waals surface area contributed by atoms with Crippen molar-refractivity contribution < 1.29 is 4.42 Å². The first-order valence-electron chi connectivity index (χ1n) is 21.5. The Balaban J connectivity index is 0.971. The van der Waals surface area contributed by atoms with Crippen LogP contribution in [0.15, 0.2) is 235 Å². The van der Waals surface area contributed by atoms with Crippen LogP contribution < -0.4 is 4.90 Å². The minimum Gasteiger partial charge on any atom is -0.456 e. The van der Waals surface area contributed by atoms with Gasteiger partial charge in [0.1, 0.15) is 11.2 Å². The van der Waals surface area contributed by atoms with Gasteiger partial charge >= 0.3 is 0 Å².